The van der Waals surface area contributed by atoms with E-state index in [4.69, 9.17) is 16.0 Å². The minimum absolute atomic E-state index is 0.0497. The third-order valence-corrected chi connectivity index (χ3v) is 6.54. The summed E-state index contributed by atoms with van der Waals surface area (Å²) in [5, 5.41) is 7.58. The number of thiazole rings is 1. The van der Waals surface area contributed by atoms with Gasteiger partial charge in [0, 0.05) is 37.4 Å². The summed E-state index contributed by atoms with van der Waals surface area (Å²) in [4.78, 5) is 41.7. The molecule has 9 nitrogen and oxygen atoms in total. The van der Waals surface area contributed by atoms with Crippen molar-refractivity contribution in [2.45, 2.75) is 38.8 Å². The maximum absolute atomic E-state index is 13.1. The molecule has 0 aliphatic heterocycles. The molecule has 4 aromatic rings. The Balaban J connectivity index is 1.43. The summed E-state index contributed by atoms with van der Waals surface area (Å²) in [7, 11) is 0. The van der Waals surface area contributed by atoms with E-state index in [2.05, 4.69) is 30.1 Å². The number of hydrogen-bond acceptors (Lipinski definition) is 10. The zero-order valence-electron chi connectivity index (χ0n) is 18.7. The number of Topliss-reactive ketones (excluding diaryl/α,β-unsaturated/α-hetero) is 2. The monoisotopic (exact) mass is 536 g/mol. The molecule has 0 aliphatic carbocycles. The lowest BCUT2D eigenvalue weighted by Crippen LogP contribution is -2.10. The van der Waals surface area contributed by atoms with Crippen LogP contribution < -0.4 is 0 Å². The van der Waals surface area contributed by atoms with Crippen LogP contribution in [-0.2, 0) is 12.6 Å². The number of hydrogen-bond donors (Lipinski definition) is 0. The molecule has 1 atom stereocenters. The number of halogens is 4. The zero-order chi connectivity index (χ0) is 26.0. The van der Waals surface area contributed by atoms with E-state index in [0.29, 0.717) is 16.6 Å². The number of aryl methyl sites for hydroxylation is 1. The van der Waals surface area contributed by atoms with Crippen molar-refractivity contribution in [2.75, 3.05) is 0 Å². The van der Waals surface area contributed by atoms with Crippen LogP contribution in [0.4, 0.5) is 13.2 Å². The minimum atomic E-state index is -4.66. The second-order valence-corrected chi connectivity index (χ2v) is 9.23. The Bertz CT molecular complexity index is 1440. The molecule has 0 fully saturated rings. The van der Waals surface area contributed by atoms with Gasteiger partial charge in [-0.15, -0.1) is 21.5 Å². The van der Waals surface area contributed by atoms with Crippen molar-refractivity contribution in [3.8, 4) is 11.6 Å². The van der Waals surface area contributed by atoms with Crippen molar-refractivity contribution >= 4 is 34.5 Å². The highest BCUT2D eigenvalue weighted by Crippen LogP contribution is 2.35. The van der Waals surface area contributed by atoms with Crippen molar-refractivity contribution in [3.63, 3.8) is 0 Å². The Kier molecular flexibility index (Phi) is 7.22. The largest absolute Gasteiger partial charge is 0.420 e. The number of alkyl halides is 3. The molecule has 0 aliphatic rings. The maximum Gasteiger partial charge on any atom is 0.417 e. The normalized spacial score (nSPS) is 12.5. The lowest BCUT2D eigenvalue weighted by molar-refractivity contribution is -0.137. The molecular formula is C22H16ClF3N6O3S. The molecule has 0 amide bonds. The number of carbonyl (C=O) groups is 2. The van der Waals surface area contributed by atoms with Crippen molar-refractivity contribution in [3.05, 3.63) is 68.6 Å². The van der Waals surface area contributed by atoms with E-state index in [-0.39, 0.29) is 46.7 Å². The predicted molar refractivity (Wildman–Crippen MR) is 122 cm³/mol. The van der Waals surface area contributed by atoms with Crippen LogP contribution in [0, 0.1) is 6.92 Å². The van der Waals surface area contributed by atoms with Gasteiger partial charge in [0.05, 0.1) is 26.9 Å². The Morgan fingerprint density at radius 3 is 2.56 bits per heavy atom. The van der Waals surface area contributed by atoms with Gasteiger partial charge in [-0.05, 0) is 12.1 Å². The SMILES string of the molecule is Cc1nnc(-c2cc(C(=O)C[C@H](C)c3ncc(C(=O)Cc4cc(C(F)(F)F)c(Cl)cn4)s3)ncn2)o1. The Hall–Kier alpha value is -3.58. The summed E-state index contributed by atoms with van der Waals surface area (Å²) in [6, 6.07) is 2.21. The Labute approximate surface area is 210 Å². The molecule has 186 valence electrons. The van der Waals surface area contributed by atoms with Crippen molar-refractivity contribution in [1.29, 1.82) is 0 Å². The first kappa shape index (κ1) is 25.5. The molecule has 14 heteroatoms. The van der Waals surface area contributed by atoms with Crippen LogP contribution in [0.25, 0.3) is 11.6 Å². The molecule has 36 heavy (non-hydrogen) atoms. The fourth-order valence-corrected chi connectivity index (χ4v) is 4.31. The molecule has 0 aromatic carbocycles. The standard InChI is InChI=1S/C22H16ClF3N6O3S/c1-10(3-17(33)15-6-16(30-9-29-15)20-32-31-11(2)35-20)21-28-8-19(36-21)18(34)5-12-4-13(22(24,25)26)14(23)7-27-12/h4,6-10H,3,5H2,1-2H3/t10-/m0/s1. The number of nitrogens with zero attached hydrogens (tertiary/aromatic N) is 6. The number of ketones is 2. The number of pyridine rings is 1. The fourth-order valence-electron chi connectivity index (χ4n) is 3.19. The summed E-state index contributed by atoms with van der Waals surface area (Å²) < 4.78 is 44.5. The molecule has 0 spiro atoms. The quantitative estimate of drug-likeness (QED) is 0.281. The van der Waals surface area contributed by atoms with E-state index >= 15 is 0 Å². The van der Waals surface area contributed by atoms with Gasteiger partial charge in [-0.3, -0.25) is 14.6 Å². The van der Waals surface area contributed by atoms with Gasteiger partial charge in [-0.2, -0.15) is 13.2 Å². The first-order valence-corrected chi connectivity index (χ1v) is 11.6. The van der Waals surface area contributed by atoms with E-state index < -0.39 is 22.5 Å². The van der Waals surface area contributed by atoms with Gasteiger partial charge in [0.1, 0.15) is 17.7 Å². The smallest absolute Gasteiger partial charge is 0.417 e. The fraction of sp³-hybridized carbons (Fsp3) is 0.273. The van der Waals surface area contributed by atoms with Crippen LogP contribution in [0.1, 0.15) is 61.6 Å². The van der Waals surface area contributed by atoms with Gasteiger partial charge >= 0.3 is 6.18 Å². The van der Waals surface area contributed by atoms with Gasteiger partial charge < -0.3 is 4.42 Å². The van der Waals surface area contributed by atoms with Crippen LogP contribution in [-0.4, -0.2) is 41.7 Å². The summed E-state index contributed by atoms with van der Waals surface area (Å²) in [6.07, 6.45) is -1.53. The molecule has 0 saturated heterocycles. The summed E-state index contributed by atoms with van der Waals surface area (Å²) >= 11 is 6.64. The maximum atomic E-state index is 13.1. The van der Waals surface area contributed by atoms with Crippen LogP contribution in [0.2, 0.25) is 5.02 Å². The Morgan fingerprint density at radius 2 is 1.86 bits per heavy atom. The highest BCUT2D eigenvalue weighted by molar-refractivity contribution is 7.13. The number of carbonyl (C=O) groups excluding carboxylic acids is 2. The second-order valence-electron chi connectivity index (χ2n) is 7.76. The van der Waals surface area contributed by atoms with Crippen molar-refractivity contribution < 1.29 is 27.2 Å². The lowest BCUT2D eigenvalue weighted by atomic mass is 10.0. The molecule has 0 bridgehead atoms. The average molecular weight is 537 g/mol. The van der Waals surface area contributed by atoms with Crippen LogP contribution in [0.15, 0.2) is 35.3 Å². The zero-order valence-corrected chi connectivity index (χ0v) is 20.3. The lowest BCUT2D eigenvalue weighted by Gasteiger charge is -2.09. The van der Waals surface area contributed by atoms with Gasteiger partial charge in [-0.1, -0.05) is 18.5 Å². The molecule has 0 unspecified atom stereocenters. The van der Waals surface area contributed by atoms with E-state index in [1.54, 1.807) is 13.8 Å². The number of rotatable bonds is 8. The van der Waals surface area contributed by atoms with E-state index in [9.17, 15) is 22.8 Å². The van der Waals surface area contributed by atoms with Gasteiger partial charge in [0.25, 0.3) is 5.89 Å². The first-order valence-electron chi connectivity index (χ1n) is 10.4. The molecule has 4 aromatic heterocycles. The van der Waals surface area contributed by atoms with E-state index in [1.807, 2.05) is 0 Å². The van der Waals surface area contributed by atoms with Crippen LogP contribution >= 0.6 is 22.9 Å². The van der Waals surface area contributed by atoms with Crippen LogP contribution in [0.3, 0.4) is 0 Å². The Morgan fingerprint density at radius 1 is 1.08 bits per heavy atom. The minimum Gasteiger partial charge on any atom is -0.420 e. The van der Waals surface area contributed by atoms with Crippen molar-refractivity contribution in [1.82, 2.24) is 30.1 Å². The molecule has 0 radical (unpaired) electrons. The molecule has 4 heterocycles. The highest BCUT2D eigenvalue weighted by atomic mass is 35.5. The summed E-state index contributed by atoms with van der Waals surface area (Å²) in [5.41, 5.74) is -0.648. The van der Waals surface area contributed by atoms with Gasteiger partial charge in [0.2, 0.25) is 5.89 Å². The molecular weight excluding hydrogens is 521 g/mol. The molecule has 0 saturated carbocycles. The van der Waals surface area contributed by atoms with Gasteiger partial charge in [-0.25, -0.2) is 15.0 Å². The third-order valence-electron chi connectivity index (χ3n) is 4.97. The highest BCUT2D eigenvalue weighted by Gasteiger charge is 2.34. The summed E-state index contributed by atoms with van der Waals surface area (Å²) in [6.45, 7) is 3.40. The predicted octanol–water partition coefficient (Wildman–Crippen LogP) is 5.16. The topological polar surface area (TPSA) is 125 Å². The summed E-state index contributed by atoms with van der Waals surface area (Å²) in [5.74, 6) is -0.561. The second kappa shape index (κ2) is 10.2. The van der Waals surface area contributed by atoms with Crippen molar-refractivity contribution in [2.24, 2.45) is 0 Å². The third kappa shape index (κ3) is 5.79. The van der Waals surface area contributed by atoms with E-state index in [1.165, 1.54) is 18.6 Å². The first-order chi connectivity index (χ1) is 17.0. The van der Waals surface area contributed by atoms with Gasteiger partial charge in [0.15, 0.2) is 11.6 Å². The van der Waals surface area contributed by atoms with E-state index in [0.717, 1.165) is 23.6 Å². The molecule has 0 N–H and O–H groups in total. The van der Waals surface area contributed by atoms with Crippen LogP contribution in [0.5, 0.6) is 0 Å². The number of aromatic nitrogens is 6. The molecule has 4 rings (SSSR count). The average Bonchev–Trinajstić information content (AvgIpc) is 3.49.